The van der Waals surface area contributed by atoms with E-state index in [-0.39, 0.29) is 6.17 Å². The van der Waals surface area contributed by atoms with E-state index >= 15 is 0 Å². The molecule has 0 spiro atoms. The maximum absolute atomic E-state index is 6.21. The monoisotopic (exact) mass is 421 g/mol. The third kappa shape index (κ3) is 4.27. The van der Waals surface area contributed by atoms with Crippen molar-refractivity contribution in [2.45, 2.75) is 6.17 Å². The zero-order valence-corrected chi connectivity index (χ0v) is 17.5. The molecule has 0 bridgehead atoms. The molecule has 0 radical (unpaired) electrons. The quantitative estimate of drug-likeness (QED) is 0.401. The summed E-state index contributed by atoms with van der Waals surface area (Å²) >= 11 is 6.21. The molecule has 0 aromatic heterocycles. The lowest BCUT2D eigenvalue weighted by Gasteiger charge is -2.22. The van der Waals surface area contributed by atoms with E-state index in [0.717, 1.165) is 44.5 Å². The van der Waals surface area contributed by atoms with E-state index in [1.807, 2.05) is 60.7 Å². The molecule has 0 saturated heterocycles. The van der Waals surface area contributed by atoms with E-state index in [4.69, 9.17) is 21.6 Å². The molecule has 4 aromatic rings. The van der Waals surface area contributed by atoms with Crippen LogP contribution in [0.3, 0.4) is 0 Å². The van der Waals surface area contributed by atoms with Gasteiger partial charge >= 0.3 is 0 Å². The van der Waals surface area contributed by atoms with Crippen molar-refractivity contribution < 1.29 is 0 Å². The van der Waals surface area contributed by atoms with Gasteiger partial charge < -0.3 is 5.32 Å². The third-order valence-corrected chi connectivity index (χ3v) is 5.41. The van der Waals surface area contributed by atoms with Gasteiger partial charge in [-0.2, -0.15) is 0 Å². The molecule has 31 heavy (non-hydrogen) atoms. The predicted molar refractivity (Wildman–Crippen MR) is 129 cm³/mol. The summed E-state index contributed by atoms with van der Waals surface area (Å²) in [4.78, 5) is 9.83. The Labute approximate surface area is 186 Å². The molecule has 4 aromatic carbocycles. The van der Waals surface area contributed by atoms with Crippen molar-refractivity contribution in [1.82, 2.24) is 5.32 Å². The summed E-state index contributed by atoms with van der Waals surface area (Å²) in [5.41, 5.74) is 5.25. The first-order valence-electron chi connectivity index (χ1n) is 10.2. The van der Waals surface area contributed by atoms with E-state index in [1.165, 1.54) is 0 Å². The molecular formula is C27H20ClN3. The number of halogens is 1. The average molecular weight is 422 g/mol. The Morgan fingerprint density at radius 3 is 1.81 bits per heavy atom. The first kappa shape index (κ1) is 19.3. The van der Waals surface area contributed by atoms with Gasteiger partial charge in [0.05, 0.1) is 0 Å². The van der Waals surface area contributed by atoms with Gasteiger partial charge in [-0.05, 0) is 34.9 Å². The predicted octanol–water partition coefficient (Wildman–Crippen LogP) is 6.50. The van der Waals surface area contributed by atoms with Crippen LogP contribution in [0.2, 0.25) is 5.02 Å². The van der Waals surface area contributed by atoms with E-state index < -0.39 is 0 Å². The average Bonchev–Trinajstić information content (AvgIpc) is 2.85. The highest BCUT2D eigenvalue weighted by molar-refractivity contribution is 6.30. The first-order valence-corrected chi connectivity index (χ1v) is 10.5. The lowest BCUT2D eigenvalue weighted by molar-refractivity contribution is 0.756. The molecule has 1 aliphatic rings. The molecule has 0 fully saturated rings. The molecule has 0 amide bonds. The summed E-state index contributed by atoms with van der Waals surface area (Å²) in [5, 5.41) is 4.17. The number of amidine groups is 2. The summed E-state index contributed by atoms with van der Waals surface area (Å²) in [6.07, 6.45) is -0.303. The molecule has 3 nitrogen and oxygen atoms in total. The van der Waals surface area contributed by atoms with E-state index in [2.05, 4.69) is 53.8 Å². The van der Waals surface area contributed by atoms with Crippen molar-refractivity contribution in [2.75, 3.05) is 0 Å². The number of aliphatic imine (C=N–C) groups is 2. The van der Waals surface area contributed by atoms with Gasteiger partial charge in [-0.1, -0.05) is 103 Å². The molecule has 1 atom stereocenters. The normalized spacial score (nSPS) is 15.6. The van der Waals surface area contributed by atoms with Gasteiger partial charge in [-0.15, -0.1) is 0 Å². The Bertz CT molecular complexity index is 1260. The summed E-state index contributed by atoms with van der Waals surface area (Å²) in [5.74, 6) is 1.61. The number of nitrogens with one attached hydrogen (secondary N) is 1. The van der Waals surface area contributed by atoms with Crippen LogP contribution in [0.5, 0.6) is 0 Å². The van der Waals surface area contributed by atoms with Gasteiger partial charge in [-0.25, -0.2) is 9.98 Å². The van der Waals surface area contributed by atoms with Crippen LogP contribution in [0, 0.1) is 0 Å². The molecule has 4 heteroatoms. The van der Waals surface area contributed by atoms with Crippen molar-refractivity contribution in [1.29, 1.82) is 0 Å². The highest BCUT2D eigenvalue weighted by Crippen LogP contribution is 2.27. The fourth-order valence-electron chi connectivity index (χ4n) is 3.63. The van der Waals surface area contributed by atoms with Crippen molar-refractivity contribution in [2.24, 2.45) is 9.98 Å². The molecule has 150 valence electrons. The second-order valence-electron chi connectivity index (χ2n) is 7.32. The maximum atomic E-state index is 6.21. The van der Waals surface area contributed by atoms with E-state index in [9.17, 15) is 0 Å². The van der Waals surface area contributed by atoms with Crippen LogP contribution in [-0.2, 0) is 0 Å². The Kier molecular flexibility index (Phi) is 5.34. The minimum Gasteiger partial charge on any atom is -0.324 e. The van der Waals surface area contributed by atoms with Crippen molar-refractivity contribution in [3.8, 4) is 11.1 Å². The Morgan fingerprint density at radius 1 is 0.548 bits per heavy atom. The zero-order valence-electron chi connectivity index (χ0n) is 16.7. The fourth-order valence-corrected chi connectivity index (χ4v) is 3.82. The standard InChI is InChI=1S/C27H20ClN3/c28-24-16-8-14-22(18-24)21-13-7-15-23(17-21)27-30-25(19-9-3-1-4-10-19)29-26(31-27)20-11-5-2-6-12-20/h1-18,25H,(H,29,30,31). The number of nitrogens with zero attached hydrogens (tertiary/aromatic N) is 2. The summed E-state index contributed by atoms with van der Waals surface area (Å²) < 4.78 is 0. The van der Waals surface area contributed by atoms with Crippen molar-refractivity contribution in [3.05, 3.63) is 131 Å². The second kappa shape index (κ2) is 8.58. The van der Waals surface area contributed by atoms with Crippen molar-refractivity contribution in [3.63, 3.8) is 0 Å². The van der Waals surface area contributed by atoms with Gasteiger partial charge in [0, 0.05) is 16.1 Å². The first-order chi connectivity index (χ1) is 15.3. The Morgan fingerprint density at radius 2 is 1.10 bits per heavy atom. The molecule has 5 rings (SSSR count). The van der Waals surface area contributed by atoms with Gasteiger partial charge in [0.15, 0.2) is 6.17 Å². The minimum absolute atomic E-state index is 0.303. The molecule has 0 aliphatic carbocycles. The van der Waals surface area contributed by atoms with Crippen LogP contribution in [0.15, 0.2) is 119 Å². The minimum atomic E-state index is -0.303. The van der Waals surface area contributed by atoms with Crippen molar-refractivity contribution >= 4 is 23.3 Å². The highest BCUT2D eigenvalue weighted by atomic mass is 35.5. The lowest BCUT2D eigenvalue weighted by Crippen LogP contribution is -2.36. The Hall–Kier alpha value is -3.69. The molecule has 1 aliphatic heterocycles. The van der Waals surface area contributed by atoms with Gasteiger partial charge in [0.2, 0.25) is 0 Å². The summed E-state index contributed by atoms with van der Waals surface area (Å²) in [7, 11) is 0. The zero-order chi connectivity index (χ0) is 21.0. The largest absolute Gasteiger partial charge is 0.324 e. The number of benzene rings is 4. The van der Waals surface area contributed by atoms with Gasteiger partial charge in [-0.3, -0.25) is 0 Å². The highest BCUT2D eigenvalue weighted by Gasteiger charge is 2.20. The molecular weight excluding hydrogens is 402 g/mol. The van der Waals surface area contributed by atoms with Crippen LogP contribution < -0.4 is 5.32 Å². The van der Waals surface area contributed by atoms with Crippen LogP contribution in [0.25, 0.3) is 11.1 Å². The number of rotatable bonds is 4. The molecule has 1 N–H and O–H groups in total. The summed E-state index contributed by atoms with van der Waals surface area (Å²) in [6.45, 7) is 0. The molecule has 1 unspecified atom stereocenters. The van der Waals surface area contributed by atoms with Gasteiger partial charge in [0.25, 0.3) is 0 Å². The van der Waals surface area contributed by atoms with E-state index in [0.29, 0.717) is 0 Å². The SMILES string of the molecule is Clc1cccc(-c2cccc(C3=NC(c4ccccc4)N=C(c4ccccc4)N3)c2)c1. The number of hydrogen-bond acceptors (Lipinski definition) is 3. The second-order valence-corrected chi connectivity index (χ2v) is 7.76. The Balaban J connectivity index is 1.57. The van der Waals surface area contributed by atoms with Gasteiger partial charge in [0.1, 0.15) is 11.7 Å². The maximum Gasteiger partial charge on any atom is 0.169 e. The van der Waals surface area contributed by atoms with E-state index in [1.54, 1.807) is 0 Å². The van der Waals surface area contributed by atoms with Crippen LogP contribution in [0.4, 0.5) is 0 Å². The molecule has 1 heterocycles. The van der Waals surface area contributed by atoms with Crippen LogP contribution in [-0.4, -0.2) is 11.7 Å². The van der Waals surface area contributed by atoms with Crippen LogP contribution >= 0.6 is 11.6 Å². The number of hydrogen-bond donors (Lipinski definition) is 1. The fraction of sp³-hybridized carbons (Fsp3) is 0.0370. The third-order valence-electron chi connectivity index (χ3n) is 5.18. The lowest BCUT2D eigenvalue weighted by atomic mass is 10.0. The summed E-state index contributed by atoms with van der Waals surface area (Å²) in [6, 6.07) is 36.5. The smallest absolute Gasteiger partial charge is 0.169 e. The topological polar surface area (TPSA) is 36.8 Å². The van der Waals surface area contributed by atoms with Crippen LogP contribution in [0.1, 0.15) is 22.9 Å². The molecule has 0 saturated carbocycles.